The summed E-state index contributed by atoms with van der Waals surface area (Å²) in [5, 5.41) is 0.860. The minimum Gasteiger partial charge on any atom is -0.362 e. The number of carbonyl (C=O) groups excluding carboxylic acids is 1. The van der Waals surface area contributed by atoms with Gasteiger partial charge in [0.1, 0.15) is 17.0 Å². The Balaban J connectivity index is 2.34. The minimum absolute atomic E-state index is 0.171. The Morgan fingerprint density at radius 2 is 2.12 bits per heavy atom. The highest BCUT2D eigenvalue weighted by Gasteiger charge is 2.18. The number of hydrogen-bond donors (Lipinski definition) is 0. The average molecular weight is 434 g/mol. The van der Waals surface area contributed by atoms with Crippen molar-refractivity contribution in [3.8, 4) is 0 Å². The molecule has 0 aromatic carbocycles. The van der Waals surface area contributed by atoms with E-state index in [9.17, 15) is 4.79 Å². The number of halogens is 1. The van der Waals surface area contributed by atoms with E-state index in [-0.39, 0.29) is 5.91 Å². The van der Waals surface area contributed by atoms with Gasteiger partial charge in [-0.2, -0.15) is 0 Å². The number of carbonyl (C=O) groups is 1. The van der Waals surface area contributed by atoms with E-state index in [4.69, 9.17) is 0 Å². The van der Waals surface area contributed by atoms with Crippen LogP contribution in [0.1, 0.15) is 16.6 Å². The van der Waals surface area contributed by atoms with Crippen molar-refractivity contribution in [1.82, 2.24) is 14.9 Å². The van der Waals surface area contributed by atoms with Crippen LogP contribution in [0.4, 0.5) is 5.82 Å². The van der Waals surface area contributed by atoms with E-state index in [0.29, 0.717) is 4.88 Å². The second-order valence-electron chi connectivity index (χ2n) is 5.40. The molecule has 0 saturated carbocycles. The summed E-state index contributed by atoms with van der Waals surface area (Å²) in [5.74, 6) is 0.616. The zero-order chi connectivity index (χ0) is 19.1. The molecule has 0 N–H and O–H groups in total. The molecule has 26 heavy (non-hydrogen) atoms. The minimum atomic E-state index is -0.171. The quantitative estimate of drug-likeness (QED) is 0.388. The Morgan fingerprint density at radius 1 is 1.35 bits per heavy atom. The standard InChI is InChI=1S/C18H20BrN5OS/c1-5-7-13(19)8-6-9-24(12-20-2)18(25)15-10-14-16(23(3)4)21-11-22-17(14)26-15/h5-12H,1-4H3/b7-5-,9-6+,13-8+,20-12?. The van der Waals surface area contributed by atoms with E-state index in [0.717, 1.165) is 20.5 Å². The van der Waals surface area contributed by atoms with Gasteiger partial charge < -0.3 is 4.90 Å². The maximum absolute atomic E-state index is 12.9. The summed E-state index contributed by atoms with van der Waals surface area (Å²) in [5.41, 5.74) is 0. The Morgan fingerprint density at radius 3 is 2.77 bits per heavy atom. The SMILES string of the molecule is C\C=C/C(Br)=C\C=C\N(C=NC)C(=O)c1cc2c(N(C)C)ncnc2s1. The summed E-state index contributed by atoms with van der Waals surface area (Å²) in [4.78, 5) is 30.1. The molecular formula is C18H20BrN5OS. The van der Waals surface area contributed by atoms with Crippen LogP contribution in [0.3, 0.4) is 0 Å². The van der Waals surface area contributed by atoms with Crippen LogP contribution in [0.15, 0.2) is 52.4 Å². The van der Waals surface area contributed by atoms with E-state index >= 15 is 0 Å². The number of amides is 1. The highest BCUT2D eigenvalue weighted by molar-refractivity contribution is 9.11. The fourth-order valence-corrected chi connectivity index (χ4v) is 3.51. The molecular weight excluding hydrogens is 414 g/mol. The summed E-state index contributed by atoms with van der Waals surface area (Å²) in [6, 6.07) is 1.83. The van der Waals surface area contributed by atoms with Gasteiger partial charge in [-0.25, -0.2) is 9.97 Å². The smallest absolute Gasteiger partial charge is 0.273 e. The maximum Gasteiger partial charge on any atom is 0.273 e. The molecule has 0 aliphatic carbocycles. The molecule has 136 valence electrons. The first-order valence-corrected chi connectivity index (χ1v) is 9.42. The third kappa shape index (κ3) is 4.86. The fraction of sp³-hybridized carbons (Fsp3) is 0.222. The van der Waals surface area contributed by atoms with Crippen LogP contribution in [0.2, 0.25) is 0 Å². The molecule has 0 saturated heterocycles. The van der Waals surface area contributed by atoms with Gasteiger partial charge in [0.2, 0.25) is 0 Å². The van der Waals surface area contributed by atoms with Crippen molar-refractivity contribution in [2.24, 2.45) is 4.99 Å². The molecule has 2 aromatic heterocycles. The molecule has 2 heterocycles. The predicted molar refractivity (Wildman–Crippen MR) is 113 cm³/mol. The van der Waals surface area contributed by atoms with Gasteiger partial charge in [-0.05, 0) is 25.1 Å². The summed E-state index contributed by atoms with van der Waals surface area (Å²) < 4.78 is 0.907. The van der Waals surface area contributed by atoms with Gasteiger partial charge in [-0.1, -0.05) is 28.1 Å². The number of thiophene rings is 1. The molecule has 2 aromatic rings. The molecule has 0 unspecified atom stereocenters. The lowest BCUT2D eigenvalue weighted by Crippen LogP contribution is -2.23. The Hall–Kier alpha value is -2.32. The van der Waals surface area contributed by atoms with Crippen LogP contribution in [-0.4, -0.2) is 48.3 Å². The lowest BCUT2D eigenvalue weighted by Gasteiger charge is -2.11. The van der Waals surface area contributed by atoms with Gasteiger partial charge in [0.25, 0.3) is 5.91 Å². The molecule has 0 atom stereocenters. The number of fused-ring (bicyclic) bond motifs is 1. The van der Waals surface area contributed by atoms with Gasteiger partial charge in [0.05, 0.1) is 16.6 Å². The van der Waals surface area contributed by atoms with Gasteiger partial charge in [0.15, 0.2) is 0 Å². The van der Waals surface area contributed by atoms with Crippen LogP contribution >= 0.6 is 27.3 Å². The fourth-order valence-electron chi connectivity index (χ4n) is 2.16. The number of aliphatic imine (C=N–C) groups is 1. The molecule has 0 spiro atoms. The molecule has 0 radical (unpaired) electrons. The Labute approximate surface area is 165 Å². The first kappa shape index (κ1) is 20.0. The Bertz CT molecular complexity index is 898. The molecule has 8 heteroatoms. The lowest BCUT2D eigenvalue weighted by molar-refractivity contribution is 0.0896. The van der Waals surface area contributed by atoms with Gasteiger partial charge in [0, 0.05) is 31.8 Å². The van der Waals surface area contributed by atoms with Crippen molar-refractivity contribution in [3.63, 3.8) is 0 Å². The summed E-state index contributed by atoms with van der Waals surface area (Å²) in [6.07, 6.45) is 12.1. The van der Waals surface area contributed by atoms with Crippen molar-refractivity contribution in [2.45, 2.75) is 6.92 Å². The summed E-state index contributed by atoms with van der Waals surface area (Å²) in [7, 11) is 5.45. The number of anilines is 1. The van der Waals surface area contributed by atoms with E-state index < -0.39 is 0 Å². The van der Waals surface area contributed by atoms with Crippen molar-refractivity contribution < 1.29 is 4.79 Å². The normalized spacial score (nSPS) is 12.7. The van der Waals surface area contributed by atoms with E-state index in [2.05, 4.69) is 30.9 Å². The largest absolute Gasteiger partial charge is 0.362 e. The van der Waals surface area contributed by atoms with Crippen molar-refractivity contribution in [1.29, 1.82) is 0 Å². The zero-order valence-electron chi connectivity index (χ0n) is 15.0. The maximum atomic E-state index is 12.9. The molecule has 0 aliphatic heterocycles. The highest BCUT2D eigenvalue weighted by Crippen LogP contribution is 2.30. The second-order valence-corrected chi connectivity index (χ2v) is 7.35. The van der Waals surface area contributed by atoms with E-state index in [1.165, 1.54) is 28.9 Å². The van der Waals surface area contributed by atoms with E-state index in [1.54, 1.807) is 19.3 Å². The molecule has 2 rings (SSSR count). The van der Waals surface area contributed by atoms with Gasteiger partial charge in [-0.3, -0.25) is 14.7 Å². The van der Waals surface area contributed by atoms with Crippen LogP contribution in [0.5, 0.6) is 0 Å². The summed E-state index contributed by atoms with van der Waals surface area (Å²) in [6.45, 7) is 1.94. The lowest BCUT2D eigenvalue weighted by atomic mass is 10.3. The van der Waals surface area contributed by atoms with Crippen molar-refractivity contribution >= 4 is 55.5 Å². The first-order valence-electron chi connectivity index (χ1n) is 7.81. The van der Waals surface area contributed by atoms with Crippen LogP contribution < -0.4 is 4.90 Å². The predicted octanol–water partition coefficient (Wildman–Crippen LogP) is 4.23. The number of rotatable bonds is 6. The molecule has 0 aliphatic rings. The molecule has 0 fully saturated rings. The first-order chi connectivity index (χ1) is 12.5. The third-order valence-electron chi connectivity index (χ3n) is 3.25. The molecule has 6 nitrogen and oxygen atoms in total. The number of allylic oxidation sites excluding steroid dienone is 5. The van der Waals surface area contributed by atoms with Crippen LogP contribution in [0, 0.1) is 0 Å². The number of hydrogen-bond acceptors (Lipinski definition) is 6. The van der Waals surface area contributed by atoms with E-state index in [1.807, 2.05) is 50.2 Å². The Kier molecular flexibility index (Phi) is 7.23. The van der Waals surface area contributed by atoms with Crippen LogP contribution in [-0.2, 0) is 0 Å². The van der Waals surface area contributed by atoms with Crippen molar-refractivity contribution in [3.05, 3.63) is 52.3 Å². The number of aromatic nitrogens is 2. The highest BCUT2D eigenvalue weighted by atomic mass is 79.9. The summed E-state index contributed by atoms with van der Waals surface area (Å²) >= 11 is 4.76. The topological polar surface area (TPSA) is 61.7 Å². The van der Waals surface area contributed by atoms with Gasteiger partial charge in [-0.15, -0.1) is 11.3 Å². The third-order valence-corrected chi connectivity index (χ3v) is 4.80. The van der Waals surface area contributed by atoms with Gasteiger partial charge >= 0.3 is 0 Å². The monoisotopic (exact) mass is 433 g/mol. The average Bonchev–Trinajstić information content (AvgIpc) is 3.04. The van der Waals surface area contributed by atoms with Crippen LogP contribution in [0.25, 0.3) is 10.2 Å². The molecule has 1 amide bonds. The zero-order valence-corrected chi connectivity index (χ0v) is 17.5. The second kappa shape index (κ2) is 9.40. The number of nitrogens with zero attached hydrogens (tertiary/aromatic N) is 5. The molecule has 0 bridgehead atoms. The van der Waals surface area contributed by atoms with Crippen molar-refractivity contribution in [2.75, 3.05) is 26.0 Å².